The van der Waals surface area contributed by atoms with Crippen LogP contribution in [0.4, 0.5) is 5.69 Å². The van der Waals surface area contributed by atoms with Gasteiger partial charge in [-0.05, 0) is 69.7 Å². The number of nitrogens with one attached hydrogen (secondary N) is 2. The number of benzene rings is 1. The van der Waals surface area contributed by atoms with Crippen LogP contribution in [-0.4, -0.2) is 70.3 Å². The van der Waals surface area contributed by atoms with Gasteiger partial charge >= 0.3 is 0 Å². The van der Waals surface area contributed by atoms with E-state index in [0.29, 0.717) is 30.9 Å². The number of carbonyl (C=O) groups is 3. The van der Waals surface area contributed by atoms with Crippen molar-refractivity contribution >= 4 is 23.4 Å². The fourth-order valence-corrected chi connectivity index (χ4v) is 7.78. The maximum Gasteiger partial charge on any atom is 0.246 e. The molecule has 5 rings (SSSR count). The molecule has 3 aliphatic heterocycles. The molecule has 0 aromatic heterocycles. The second-order valence-corrected chi connectivity index (χ2v) is 12.4. The van der Waals surface area contributed by atoms with Crippen molar-refractivity contribution in [1.29, 1.82) is 0 Å². The first-order valence-electron chi connectivity index (χ1n) is 15.2. The second kappa shape index (κ2) is 11.3. The van der Waals surface area contributed by atoms with E-state index < -0.39 is 35.1 Å². The van der Waals surface area contributed by atoms with Crippen molar-refractivity contribution in [2.24, 2.45) is 17.8 Å². The molecule has 220 valence electrons. The highest BCUT2D eigenvalue weighted by Gasteiger charge is 2.78. The molecule has 4 aliphatic rings. The number of rotatable bonds is 10. The number of hydrogen-bond donors (Lipinski definition) is 3. The van der Waals surface area contributed by atoms with Gasteiger partial charge in [0.05, 0.1) is 36.7 Å². The quantitative estimate of drug-likeness (QED) is 0.406. The Hall–Kier alpha value is -2.65. The van der Waals surface area contributed by atoms with Crippen molar-refractivity contribution in [3.05, 3.63) is 24.3 Å². The van der Waals surface area contributed by atoms with Crippen molar-refractivity contribution in [3.8, 4) is 5.75 Å². The number of aliphatic hydroxyl groups excluding tert-OH is 1. The van der Waals surface area contributed by atoms with Crippen molar-refractivity contribution in [2.45, 2.75) is 108 Å². The third-order valence-corrected chi connectivity index (χ3v) is 9.97. The van der Waals surface area contributed by atoms with Crippen LogP contribution >= 0.6 is 0 Å². The molecule has 9 heteroatoms. The van der Waals surface area contributed by atoms with Crippen LogP contribution in [0.3, 0.4) is 0 Å². The smallest absolute Gasteiger partial charge is 0.246 e. The Morgan fingerprint density at radius 3 is 2.45 bits per heavy atom. The summed E-state index contributed by atoms with van der Waals surface area (Å²) >= 11 is 0. The van der Waals surface area contributed by atoms with Gasteiger partial charge in [-0.15, -0.1) is 0 Å². The Morgan fingerprint density at radius 2 is 1.82 bits per heavy atom. The van der Waals surface area contributed by atoms with Gasteiger partial charge in [-0.1, -0.05) is 39.5 Å². The number of aliphatic hydroxyl groups is 1. The molecule has 1 aromatic rings. The number of hydrogen-bond acceptors (Lipinski definition) is 6. The zero-order chi connectivity index (χ0) is 28.7. The van der Waals surface area contributed by atoms with Crippen LogP contribution in [-0.2, 0) is 19.1 Å². The van der Waals surface area contributed by atoms with Gasteiger partial charge in [-0.2, -0.15) is 0 Å². The van der Waals surface area contributed by atoms with E-state index in [1.54, 1.807) is 29.2 Å². The van der Waals surface area contributed by atoms with Crippen LogP contribution in [0.1, 0.15) is 79.1 Å². The van der Waals surface area contributed by atoms with E-state index in [-0.39, 0.29) is 36.3 Å². The van der Waals surface area contributed by atoms with Crippen LogP contribution in [0.25, 0.3) is 0 Å². The number of nitrogens with zero attached hydrogens (tertiary/aromatic N) is 1. The summed E-state index contributed by atoms with van der Waals surface area (Å²) in [6.07, 6.45) is 6.98. The molecule has 1 aromatic carbocycles. The Kier molecular flexibility index (Phi) is 8.17. The highest BCUT2D eigenvalue weighted by molar-refractivity contribution is 6.02. The van der Waals surface area contributed by atoms with Crippen molar-refractivity contribution in [2.75, 3.05) is 18.5 Å². The second-order valence-electron chi connectivity index (χ2n) is 12.4. The van der Waals surface area contributed by atoms with E-state index in [9.17, 15) is 19.5 Å². The fraction of sp³-hybridized carbons (Fsp3) is 0.710. The summed E-state index contributed by atoms with van der Waals surface area (Å²) in [5.41, 5.74) is -1.36. The van der Waals surface area contributed by atoms with Gasteiger partial charge in [0.2, 0.25) is 17.7 Å². The summed E-state index contributed by atoms with van der Waals surface area (Å²) in [6, 6.07) is 5.80. The van der Waals surface area contributed by atoms with Crippen LogP contribution in [0.2, 0.25) is 0 Å². The molecule has 3 heterocycles. The molecule has 2 unspecified atom stereocenters. The SMILES string of the molecule is CCOc1ccc(NC(=O)[C@H]2[C@H]3C(=O)N([C@@H](CO)[C@@H](C)CC)C(C(=O)NC4CCCCC4)C34CC[C@]2(C)O4)cc1. The van der Waals surface area contributed by atoms with Gasteiger partial charge in [-0.25, -0.2) is 0 Å². The van der Waals surface area contributed by atoms with Crippen molar-refractivity contribution < 1.29 is 29.0 Å². The summed E-state index contributed by atoms with van der Waals surface area (Å²) in [5.74, 6) is -1.65. The molecule has 2 bridgehead atoms. The highest BCUT2D eigenvalue weighted by atomic mass is 16.5. The molecule has 40 heavy (non-hydrogen) atoms. The lowest BCUT2D eigenvalue weighted by molar-refractivity contribution is -0.150. The first kappa shape index (κ1) is 28.9. The zero-order valence-electron chi connectivity index (χ0n) is 24.3. The van der Waals surface area contributed by atoms with E-state index in [0.717, 1.165) is 32.1 Å². The summed E-state index contributed by atoms with van der Waals surface area (Å²) in [4.78, 5) is 44.0. The highest BCUT2D eigenvalue weighted by Crippen LogP contribution is 2.63. The standard InChI is InChI=1S/C31H45N3O6/c1-5-19(3)23(18-35)34-26(28(37)33-20-10-8-7-9-11-20)31-17-16-30(4,40-31)24(25(31)29(34)38)27(36)32-21-12-14-22(15-13-21)39-6-2/h12-15,19-20,23-26,35H,5-11,16-18H2,1-4H3,(H,32,36)(H,33,37)/t19-,23-,24+,25-,26?,30-,31?/m0/s1. The first-order valence-corrected chi connectivity index (χ1v) is 15.2. The van der Waals surface area contributed by atoms with Crippen LogP contribution in [0.5, 0.6) is 5.75 Å². The predicted molar refractivity (Wildman–Crippen MR) is 151 cm³/mol. The molecule has 9 nitrogen and oxygen atoms in total. The van der Waals surface area contributed by atoms with Crippen LogP contribution in [0, 0.1) is 17.8 Å². The Bertz CT molecular complexity index is 1100. The van der Waals surface area contributed by atoms with E-state index in [4.69, 9.17) is 9.47 Å². The summed E-state index contributed by atoms with van der Waals surface area (Å²) in [6.45, 7) is 8.11. The Morgan fingerprint density at radius 1 is 1.12 bits per heavy atom. The lowest BCUT2D eigenvalue weighted by atomic mass is 9.66. The molecule has 3 N–H and O–H groups in total. The lowest BCUT2D eigenvalue weighted by Crippen LogP contribution is -2.60. The fourth-order valence-electron chi connectivity index (χ4n) is 7.78. The Balaban J connectivity index is 1.48. The molecule has 4 fully saturated rings. The Labute approximate surface area is 237 Å². The number of carbonyl (C=O) groups excluding carboxylic acids is 3. The average Bonchev–Trinajstić information content (AvgIpc) is 3.51. The normalized spacial score (nSPS) is 33.0. The predicted octanol–water partition coefficient (Wildman–Crippen LogP) is 3.64. The maximum absolute atomic E-state index is 14.4. The topological polar surface area (TPSA) is 117 Å². The third-order valence-electron chi connectivity index (χ3n) is 9.97. The van der Waals surface area contributed by atoms with E-state index in [2.05, 4.69) is 10.6 Å². The first-order chi connectivity index (χ1) is 19.2. The van der Waals surface area contributed by atoms with Gasteiger partial charge < -0.3 is 30.1 Å². The van der Waals surface area contributed by atoms with E-state index in [1.165, 1.54) is 6.42 Å². The maximum atomic E-state index is 14.4. The number of amides is 3. The third kappa shape index (κ3) is 4.79. The minimum atomic E-state index is -1.10. The van der Waals surface area contributed by atoms with Gasteiger partial charge in [0, 0.05) is 11.7 Å². The number of anilines is 1. The molecule has 1 aliphatic carbocycles. The molecule has 3 saturated heterocycles. The molecule has 7 atom stereocenters. The molecular weight excluding hydrogens is 510 g/mol. The minimum absolute atomic E-state index is 0.0296. The molecule has 3 amide bonds. The molecular formula is C31H45N3O6. The van der Waals surface area contributed by atoms with E-state index >= 15 is 0 Å². The van der Waals surface area contributed by atoms with Crippen LogP contribution in [0.15, 0.2) is 24.3 Å². The van der Waals surface area contributed by atoms with Crippen molar-refractivity contribution in [1.82, 2.24) is 10.2 Å². The number of fused-ring (bicyclic) bond motifs is 1. The number of ether oxygens (including phenoxy) is 2. The van der Waals surface area contributed by atoms with Gasteiger partial charge in [0.15, 0.2) is 0 Å². The molecule has 1 spiro atoms. The lowest BCUT2D eigenvalue weighted by Gasteiger charge is -2.40. The molecule has 0 radical (unpaired) electrons. The number of likely N-dealkylation sites (tertiary alicyclic amines) is 1. The summed E-state index contributed by atoms with van der Waals surface area (Å²) in [7, 11) is 0. The largest absolute Gasteiger partial charge is 0.494 e. The summed E-state index contributed by atoms with van der Waals surface area (Å²) < 4.78 is 12.3. The molecule has 1 saturated carbocycles. The van der Waals surface area contributed by atoms with Crippen LogP contribution < -0.4 is 15.4 Å². The van der Waals surface area contributed by atoms with E-state index in [1.807, 2.05) is 27.7 Å². The monoisotopic (exact) mass is 555 g/mol. The van der Waals surface area contributed by atoms with Gasteiger partial charge in [0.25, 0.3) is 0 Å². The van der Waals surface area contributed by atoms with Gasteiger partial charge in [0.1, 0.15) is 17.4 Å². The minimum Gasteiger partial charge on any atom is -0.494 e. The average molecular weight is 556 g/mol. The summed E-state index contributed by atoms with van der Waals surface area (Å²) in [5, 5.41) is 16.7. The van der Waals surface area contributed by atoms with Gasteiger partial charge in [-0.3, -0.25) is 14.4 Å². The van der Waals surface area contributed by atoms with Crippen molar-refractivity contribution in [3.63, 3.8) is 0 Å². The zero-order valence-corrected chi connectivity index (χ0v) is 24.3.